The summed E-state index contributed by atoms with van der Waals surface area (Å²) in [4.78, 5) is 0. The van der Waals surface area contributed by atoms with Crippen LogP contribution in [0.4, 0.5) is 5.13 Å². The van der Waals surface area contributed by atoms with Crippen molar-refractivity contribution in [3.63, 3.8) is 0 Å². The van der Waals surface area contributed by atoms with Crippen LogP contribution in [0.2, 0.25) is 0 Å². The Balaban J connectivity index is 2.12. The maximum absolute atomic E-state index is 5.33. The zero-order valence-electron chi connectivity index (χ0n) is 9.80. The molecule has 0 saturated carbocycles. The molecule has 6 heteroatoms. The van der Waals surface area contributed by atoms with Gasteiger partial charge < -0.3 is 10.1 Å². The molecule has 0 aliphatic heterocycles. The van der Waals surface area contributed by atoms with E-state index in [1.54, 1.807) is 7.11 Å². The normalized spacial score (nSPS) is 10.2. The van der Waals surface area contributed by atoms with Crippen molar-refractivity contribution in [1.29, 1.82) is 0 Å². The monoisotopic (exact) mass is 250 g/mol. The third-order valence-corrected chi connectivity index (χ3v) is 3.04. The zero-order chi connectivity index (χ0) is 12.1. The summed E-state index contributed by atoms with van der Waals surface area (Å²) in [5.41, 5.74) is 2.40. The van der Waals surface area contributed by atoms with Crippen LogP contribution in [0.3, 0.4) is 0 Å². The molecule has 1 aromatic heterocycles. The van der Waals surface area contributed by atoms with Gasteiger partial charge in [0.2, 0.25) is 5.13 Å². The summed E-state index contributed by atoms with van der Waals surface area (Å²) in [6.45, 7) is 2.79. The highest BCUT2D eigenvalue weighted by atomic mass is 32.1. The van der Waals surface area contributed by atoms with E-state index < -0.39 is 0 Å². The van der Waals surface area contributed by atoms with Crippen LogP contribution >= 0.6 is 11.5 Å². The Morgan fingerprint density at radius 1 is 1.41 bits per heavy atom. The van der Waals surface area contributed by atoms with Gasteiger partial charge >= 0.3 is 0 Å². The maximum atomic E-state index is 5.33. The number of aryl methyl sites for hydroxylation is 1. The second-order valence-electron chi connectivity index (χ2n) is 3.52. The molecule has 0 spiro atoms. The number of rotatable bonds is 5. The molecule has 5 nitrogen and oxygen atoms in total. The van der Waals surface area contributed by atoms with Crippen molar-refractivity contribution in [2.24, 2.45) is 0 Å². The third kappa shape index (κ3) is 2.91. The third-order valence-electron chi connectivity index (χ3n) is 2.48. The van der Waals surface area contributed by atoms with Gasteiger partial charge in [-0.2, -0.15) is 0 Å². The van der Waals surface area contributed by atoms with Gasteiger partial charge in [0.05, 0.1) is 7.11 Å². The van der Waals surface area contributed by atoms with E-state index in [0.29, 0.717) is 11.7 Å². The summed E-state index contributed by atoms with van der Waals surface area (Å²) in [5, 5.41) is 11.3. The van der Waals surface area contributed by atoms with Gasteiger partial charge in [-0.1, -0.05) is 28.6 Å². The summed E-state index contributed by atoms with van der Waals surface area (Å²) in [5.74, 6) is 0.882. The quantitative estimate of drug-likeness (QED) is 0.880. The van der Waals surface area contributed by atoms with E-state index in [0.717, 1.165) is 17.7 Å². The van der Waals surface area contributed by atoms with Gasteiger partial charge in [0.15, 0.2) is 0 Å². The van der Waals surface area contributed by atoms with E-state index in [2.05, 4.69) is 39.2 Å². The largest absolute Gasteiger partial charge is 0.496 e. The van der Waals surface area contributed by atoms with Gasteiger partial charge in [-0.15, -0.1) is 0 Å². The highest BCUT2D eigenvalue weighted by Crippen LogP contribution is 2.21. The minimum atomic E-state index is 0.661. The number of ether oxygens (including phenoxy) is 1. The summed E-state index contributed by atoms with van der Waals surface area (Å²) in [7, 11) is 1.68. The first-order chi connectivity index (χ1) is 8.33. The van der Waals surface area contributed by atoms with E-state index in [1.165, 1.54) is 17.1 Å². The topological polar surface area (TPSA) is 59.9 Å². The first-order valence-corrected chi connectivity index (χ1v) is 6.15. The number of nitrogens with one attached hydrogen (secondary N) is 1. The van der Waals surface area contributed by atoms with Gasteiger partial charge in [-0.25, -0.2) is 0 Å². The zero-order valence-corrected chi connectivity index (χ0v) is 10.6. The van der Waals surface area contributed by atoms with Crippen molar-refractivity contribution in [3.8, 4) is 5.75 Å². The average molecular weight is 250 g/mol. The van der Waals surface area contributed by atoms with Gasteiger partial charge in [-0.3, -0.25) is 0 Å². The molecular formula is C11H14N4OS. The second kappa shape index (κ2) is 5.58. The molecule has 2 aromatic rings. The van der Waals surface area contributed by atoms with E-state index in [4.69, 9.17) is 4.74 Å². The van der Waals surface area contributed by atoms with E-state index in [1.807, 2.05) is 6.07 Å². The average Bonchev–Trinajstić information content (AvgIpc) is 2.89. The molecule has 17 heavy (non-hydrogen) atoms. The highest BCUT2D eigenvalue weighted by molar-refractivity contribution is 7.09. The summed E-state index contributed by atoms with van der Waals surface area (Å²) >= 11 is 1.24. The van der Waals surface area contributed by atoms with Crippen molar-refractivity contribution >= 4 is 16.7 Å². The fraction of sp³-hybridized carbons (Fsp3) is 0.364. The Hall–Kier alpha value is -1.69. The summed E-state index contributed by atoms with van der Waals surface area (Å²) < 4.78 is 9.02. The minimum absolute atomic E-state index is 0.661. The van der Waals surface area contributed by atoms with Gasteiger partial charge in [-0.05, 0) is 23.3 Å². The van der Waals surface area contributed by atoms with Crippen molar-refractivity contribution in [1.82, 2.24) is 14.8 Å². The maximum Gasteiger partial charge on any atom is 0.225 e. The molecule has 1 N–H and O–H groups in total. The molecule has 0 aliphatic carbocycles. The lowest BCUT2D eigenvalue weighted by Gasteiger charge is -2.10. The molecule has 0 saturated heterocycles. The molecule has 2 rings (SSSR count). The van der Waals surface area contributed by atoms with Crippen molar-refractivity contribution in [2.45, 2.75) is 19.9 Å². The Morgan fingerprint density at radius 2 is 2.29 bits per heavy atom. The minimum Gasteiger partial charge on any atom is -0.496 e. The van der Waals surface area contributed by atoms with Crippen LogP contribution < -0.4 is 10.1 Å². The van der Waals surface area contributed by atoms with Gasteiger partial charge in [0, 0.05) is 23.6 Å². The molecule has 1 heterocycles. The van der Waals surface area contributed by atoms with E-state index in [9.17, 15) is 0 Å². The van der Waals surface area contributed by atoms with Crippen molar-refractivity contribution in [2.75, 3.05) is 12.4 Å². The fourth-order valence-electron chi connectivity index (χ4n) is 1.56. The first-order valence-electron chi connectivity index (χ1n) is 5.38. The molecular weight excluding hydrogens is 236 g/mol. The van der Waals surface area contributed by atoms with Crippen LogP contribution in [0.15, 0.2) is 18.2 Å². The van der Waals surface area contributed by atoms with Crippen LogP contribution in [0.5, 0.6) is 5.75 Å². The standard InChI is InChI=1S/C11H14N4OS/c1-3-8-4-5-10(16-2)9(6-8)7-12-11-13-14-15-17-11/h4-6H,3,7H2,1-2H3,(H,12,13,15). The first kappa shape index (κ1) is 11.8. The lowest BCUT2D eigenvalue weighted by Crippen LogP contribution is -2.02. The summed E-state index contributed by atoms with van der Waals surface area (Å²) in [6, 6.07) is 6.21. The Labute approximate surface area is 104 Å². The summed E-state index contributed by atoms with van der Waals surface area (Å²) in [6.07, 6.45) is 1.01. The van der Waals surface area contributed by atoms with E-state index in [-0.39, 0.29) is 0 Å². The van der Waals surface area contributed by atoms with Crippen molar-refractivity contribution in [3.05, 3.63) is 29.3 Å². The highest BCUT2D eigenvalue weighted by Gasteiger charge is 2.05. The number of anilines is 1. The lowest BCUT2D eigenvalue weighted by atomic mass is 10.1. The number of nitrogens with zero attached hydrogens (tertiary/aromatic N) is 3. The van der Waals surface area contributed by atoms with Crippen LogP contribution in [0.25, 0.3) is 0 Å². The van der Waals surface area contributed by atoms with Gasteiger partial charge in [0.1, 0.15) is 5.75 Å². The lowest BCUT2D eigenvalue weighted by molar-refractivity contribution is 0.410. The van der Waals surface area contributed by atoms with Crippen LogP contribution in [0.1, 0.15) is 18.1 Å². The van der Waals surface area contributed by atoms with Crippen molar-refractivity contribution < 1.29 is 4.74 Å². The smallest absolute Gasteiger partial charge is 0.225 e. The Kier molecular flexibility index (Phi) is 3.87. The number of hydrogen-bond donors (Lipinski definition) is 1. The predicted molar refractivity (Wildman–Crippen MR) is 67.4 cm³/mol. The molecule has 0 aliphatic rings. The Bertz CT molecular complexity index is 472. The van der Waals surface area contributed by atoms with Crippen LogP contribution in [-0.4, -0.2) is 21.9 Å². The molecule has 1 aromatic carbocycles. The van der Waals surface area contributed by atoms with Gasteiger partial charge in [0.25, 0.3) is 0 Å². The number of aromatic nitrogens is 3. The molecule has 0 radical (unpaired) electrons. The fourth-order valence-corrected chi connectivity index (χ4v) is 1.92. The number of benzene rings is 1. The SMILES string of the molecule is CCc1ccc(OC)c(CNc2nnns2)c1. The number of methoxy groups -OCH3 is 1. The van der Waals surface area contributed by atoms with E-state index >= 15 is 0 Å². The Morgan fingerprint density at radius 3 is 2.94 bits per heavy atom. The molecule has 0 amide bonds. The molecule has 0 atom stereocenters. The van der Waals surface area contributed by atoms with Crippen LogP contribution in [-0.2, 0) is 13.0 Å². The molecule has 0 fully saturated rings. The number of hydrogen-bond acceptors (Lipinski definition) is 6. The molecule has 0 bridgehead atoms. The second-order valence-corrected chi connectivity index (χ2v) is 4.25. The van der Waals surface area contributed by atoms with Crippen LogP contribution in [0, 0.1) is 0 Å². The predicted octanol–water partition coefficient (Wildman–Crippen LogP) is 2.12. The molecule has 90 valence electrons. The molecule has 0 unspecified atom stereocenters.